The van der Waals surface area contributed by atoms with Crippen molar-refractivity contribution in [3.05, 3.63) is 47.0 Å². The van der Waals surface area contributed by atoms with E-state index in [1.165, 1.54) is 0 Å². The maximum Gasteiger partial charge on any atom is 0.280 e. The van der Waals surface area contributed by atoms with E-state index in [0.29, 0.717) is 17.1 Å². The van der Waals surface area contributed by atoms with Crippen LogP contribution < -0.4 is 10.9 Å². The number of H-pyrrole nitrogens is 1. The van der Waals surface area contributed by atoms with Crippen LogP contribution in [0, 0.1) is 0 Å². The van der Waals surface area contributed by atoms with E-state index in [2.05, 4.69) is 42.9 Å². The van der Waals surface area contributed by atoms with Crippen LogP contribution in [0.1, 0.15) is 12.8 Å². The van der Waals surface area contributed by atoms with Gasteiger partial charge in [-0.2, -0.15) is 4.98 Å². The molecular weight excluding hydrogens is 393 g/mol. The third kappa shape index (κ3) is 3.29. The van der Waals surface area contributed by atoms with E-state index in [0.717, 1.165) is 29.5 Å². The summed E-state index contributed by atoms with van der Waals surface area (Å²) in [4.78, 5) is 23.5. The van der Waals surface area contributed by atoms with Crippen LogP contribution in [-0.4, -0.2) is 23.9 Å². The lowest BCUT2D eigenvalue weighted by Gasteiger charge is -2.06. The maximum atomic E-state index is 12.1. The molecule has 0 bridgehead atoms. The number of para-hydroxylation sites is 1. The average molecular weight is 409 g/mol. The molecule has 6 nitrogen and oxygen atoms in total. The van der Waals surface area contributed by atoms with Crippen LogP contribution in [-0.2, 0) is 6.54 Å². The first-order chi connectivity index (χ1) is 10.8. The Morgan fingerprint density at radius 3 is 2.82 bits per heavy atom. The molecule has 0 atom stereocenters. The highest BCUT2D eigenvalue weighted by Crippen LogP contribution is 2.14. The maximum absolute atomic E-state index is 12.1. The van der Waals surface area contributed by atoms with E-state index in [9.17, 15) is 4.79 Å². The Balaban J connectivity index is 1.92. The van der Waals surface area contributed by atoms with Gasteiger partial charge in [-0.3, -0.25) is 9.78 Å². The number of hydrogen-bond donors (Lipinski definition) is 2. The Morgan fingerprint density at radius 2 is 2.05 bits per heavy atom. The average Bonchev–Trinajstić information content (AvgIpc) is 2.92. The van der Waals surface area contributed by atoms with Gasteiger partial charge in [0.25, 0.3) is 5.56 Å². The molecule has 1 aromatic carbocycles. The summed E-state index contributed by atoms with van der Waals surface area (Å²) in [5.74, 6) is 0.430. The van der Waals surface area contributed by atoms with Crippen LogP contribution in [0.5, 0.6) is 0 Å². The molecule has 114 valence electrons. The Labute approximate surface area is 141 Å². The zero-order chi connectivity index (χ0) is 15.4. The fourth-order valence-electron chi connectivity index (χ4n) is 2.21. The fraction of sp³-hybridized carbons (Fsp3) is 0.267. The molecule has 0 aliphatic carbocycles. The Hall–Kier alpha value is -1.90. The molecule has 2 N–H and O–H groups in total. The van der Waals surface area contributed by atoms with Gasteiger partial charge in [0.2, 0.25) is 5.95 Å². The zero-order valence-corrected chi connectivity index (χ0v) is 14.1. The smallest absolute Gasteiger partial charge is 0.280 e. The number of aromatic amines is 1. The number of nitrogens with zero attached hydrogens (tertiary/aromatic N) is 3. The van der Waals surface area contributed by atoms with Gasteiger partial charge in [0.1, 0.15) is 0 Å². The number of halogens is 1. The van der Waals surface area contributed by atoms with Gasteiger partial charge >= 0.3 is 0 Å². The predicted molar refractivity (Wildman–Crippen MR) is 96.0 cm³/mol. The molecule has 0 aliphatic heterocycles. The number of anilines is 2. The number of unbranched alkanes of at least 4 members (excludes halogenated alkanes) is 1. The van der Waals surface area contributed by atoms with Crippen molar-refractivity contribution in [3.63, 3.8) is 0 Å². The number of aryl methyl sites for hydroxylation is 1. The van der Waals surface area contributed by atoms with E-state index >= 15 is 0 Å². The van der Waals surface area contributed by atoms with Crippen molar-refractivity contribution in [1.82, 2.24) is 19.5 Å². The molecule has 3 rings (SSSR count). The predicted octanol–water partition coefficient (Wildman–Crippen LogP) is 3.08. The summed E-state index contributed by atoms with van der Waals surface area (Å²) in [7, 11) is 0. The molecule has 2 heterocycles. The molecule has 0 unspecified atom stereocenters. The van der Waals surface area contributed by atoms with E-state index in [4.69, 9.17) is 0 Å². The molecule has 0 radical (unpaired) electrons. The topological polar surface area (TPSA) is 75.6 Å². The molecule has 0 aliphatic rings. The second-order valence-electron chi connectivity index (χ2n) is 4.91. The summed E-state index contributed by atoms with van der Waals surface area (Å²) < 4.78 is 3.06. The highest BCUT2D eigenvalue weighted by molar-refractivity contribution is 14.1. The number of alkyl halides is 1. The van der Waals surface area contributed by atoms with Crippen LogP contribution in [0.25, 0.3) is 11.2 Å². The third-order valence-electron chi connectivity index (χ3n) is 3.29. The number of aromatic nitrogens is 4. The summed E-state index contributed by atoms with van der Waals surface area (Å²) in [6.45, 7) is 0.820. The number of rotatable bonds is 6. The van der Waals surface area contributed by atoms with Crippen molar-refractivity contribution >= 4 is 45.4 Å². The molecular formula is C15H16IN5O. The van der Waals surface area contributed by atoms with Gasteiger partial charge in [-0.05, 0) is 29.4 Å². The van der Waals surface area contributed by atoms with Gasteiger partial charge in [-0.1, -0.05) is 40.8 Å². The van der Waals surface area contributed by atoms with Gasteiger partial charge in [0, 0.05) is 12.2 Å². The van der Waals surface area contributed by atoms with Crippen LogP contribution >= 0.6 is 22.6 Å². The van der Waals surface area contributed by atoms with Crippen molar-refractivity contribution in [2.24, 2.45) is 0 Å². The normalized spacial score (nSPS) is 11.0. The van der Waals surface area contributed by atoms with Gasteiger partial charge in [0.15, 0.2) is 11.2 Å². The summed E-state index contributed by atoms with van der Waals surface area (Å²) in [5.41, 5.74) is 1.65. The third-order valence-corrected chi connectivity index (χ3v) is 4.06. The Bertz CT molecular complexity index is 812. The van der Waals surface area contributed by atoms with Crippen LogP contribution in [0.3, 0.4) is 0 Å². The largest absolute Gasteiger partial charge is 0.326 e. The monoisotopic (exact) mass is 409 g/mol. The molecule has 0 amide bonds. The lowest BCUT2D eigenvalue weighted by molar-refractivity contribution is 0.647. The molecule has 0 fully saturated rings. The van der Waals surface area contributed by atoms with Crippen molar-refractivity contribution in [3.8, 4) is 0 Å². The van der Waals surface area contributed by atoms with E-state index in [1.807, 2.05) is 34.9 Å². The highest BCUT2D eigenvalue weighted by atomic mass is 127. The molecule has 0 saturated heterocycles. The van der Waals surface area contributed by atoms with Crippen molar-refractivity contribution in [2.75, 3.05) is 9.74 Å². The minimum absolute atomic E-state index is 0.226. The molecule has 22 heavy (non-hydrogen) atoms. The Kier molecular flexibility index (Phi) is 4.71. The van der Waals surface area contributed by atoms with Gasteiger partial charge < -0.3 is 9.88 Å². The minimum Gasteiger partial charge on any atom is -0.326 e. The second kappa shape index (κ2) is 6.91. The number of fused-ring (bicyclic) bond motifs is 1. The van der Waals surface area contributed by atoms with E-state index in [-0.39, 0.29) is 5.56 Å². The lowest BCUT2D eigenvalue weighted by Crippen LogP contribution is -2.12. The number of imidazole rings is 1. The van der Waals surface area contributed by atoms with Crippen LogP contribution in [0.15, 0.2) is 41.5 Å². The first-order valence-corrected chi connectivity index (χ1v) is 8.63. The van der Waals surface area contributed by atoms with Gasteiger partial charge in [-0.25, -0.2) is 4.98 Å². The quantitative estimate of drug-likeness (QED) is 0.373. The summed E-state index contributed by atoms with van der Waals surface area (Å²) in [5, 5.41) is 3.11. The van der Waals surface area contributed by atoms with Crippen molar-refractivity contribution in [1.29, 1.82) is 0 Å². The SMILES string of the molecule is O=c1[nH]c(Nc2ccccc2)nc2c1ncn2CCCCI. The lowest BCUT2D eigenvalue weighted by atomic mass is 10.3. The Morgan fingerprint density at radius 1 is 1.23 bits per heavy atom. The minimum atomic E-state index is -0.226. The van der Waals surface area contributed by atoms with Crippen molar-refractivity contribution < 1.29 is 0 Å². The number of nitrogens with one attached hydrogen (secondary N) is 2. The standard InChI is InChI=1S/C15H16IN5O/c16-8-4-5-9-21-10-17-12-13(21)19-15(20-14(12)22)18-11-6-2-1-3-7-11/h1-3,6-7,10H,4-5,8-9H2,(H2,18,19,20,22). The first-order valence-electron chi connectivity index (χ1n) is 7.11. The van der Waals surface area contributed by atoms with Crippen molar-refractivity contribution in [2.45, 2.75) is 19.4 Å². The molecule has 0 spiro atoms. The summed E-state index contributed by atoms with van der Waals surface area (Å²) in [6, 6.07) is 9.62. The zero-order valence-electron chi connectivity index (χ0n) is 11.9. The number of benzene rings is 1. The van der Waals surface area contributed by atoms with Crippen LogP contribution in [0.2, 0.25) is 0 Å². The molecule has 0 saturated carbocycles. The van der Waals surface area contributed by atoms with E-state index in [1.54, 1.807) is 6.33 Å². The van der Waals surface area contributed by atoms with E-state index < -0.39 is 0 Å². The molecule has 2 aromatic heterocycles. The van der Waals surface area contributed by atoms with Gasteiger partial charge in [-0.15, -0.1) is 0 Å². The first kappa shape index (κ1) is 15.0. The summed E-state index contributed by atoms with van der Waals surface area (Å²) >= 11 is 2.36. The highest BCUT2D eigenvalue weighted by Gasteiger charge is 2.10. The fourth-order valence-corrected chi connectivity index (χ4v) is 2.75. The van der Waals surface area contributed by atoms with Crippen LogP contribution in [0.4, 0.5) is 11.6 Å². The molecule has 7 heteroatoms. The second-order valence-corrected chi connectivity index (χ2v) is 5.99. The number of hydrogen-bond acceptors (Lipinski definition) is 4. The van der Waals surface area contributed by atoms with Gasteiger partial charge in [0.05, 0.1) is 6.33 Å². The summed E-state index contributed by atoms with van der Waals surface area (Å²) in [6.07, 6.45) is 3.87. The molecule has 3 aromatic rings.